The maximum Gasteiger partial charge on any atom is 0.211 e. The monoisotopic (exact) mass is 974 g/mol. The number of nitrogens with one attached hydrogen (secondary N) is 1. The Morgan fingerprint density at radius 2 is 1.19 bits per heavy atom. The highest BCUT2D eigenvalue weighted by atomic mass is 32.1. The number of fused-ring (bicyclic) bond motifs is 10. The molecule has 0 saturated carbocycles. The van der Waals surface area contributed by atoms with E-state index in [0.29, 0.717) is 0 Å². The maximum absolute atomic E-state index is 7.29. The standard InChI is InChI=1S/C69H59BN2OS/c1-66(2,3)45-34-35-56(48(38-45)42-22-11-8-12-23-42)72-57-40-49-46-28-17-20-33-58(46)73-64(49)60(61(57)70-65-63(72)50-39-53-54(41-59(50)74-65)68(6,7)37-36-67(53,4)5)47-29-21-31-52-62(47)71-55-32-19-18-30-51(55)69(52,43-24-13-9-14-25-43)44-26-15-10-16-27-44/h8-35,38-41,70-71H,36-37H2,1-7H3. The van der Waals surface area contributed by atoms with E-state index in [0.717, 1.165) is 58.1 Å². The predicted octanol–water partition coefficient (Wildman–Crippen LogP) is 17.4. The summed E-state index contributed by atoms with van der Waals surface area (Å²) in [5.41, 5.74) is 22.3. The molecule has 1 N–H and O–H groups in total. The molecule has 0 fully saturated rings. The van der Waals surface area contributed by atoms with Crippen molar-refractivity contribution >= 4 is 89.3 Å². The molecule has 0 saturated heterocycles. The highest BCUT2D eigenvalue weighted by Crippen LogP contribution is 2.58. The molecular formula is C69H59BN2OS. The summed E-state index contributed by atoms with van der Waals surface area (Å²) in [4.78, 5) is 2.68. The third kappa shape index (κ3) is 6.58. The lowest BCUT2D eigenvalue weighted by Gasteiger charge is -2.43. The minimum Gasteiger partial charge on any atom is -0.455 e. The molecule has 11 aromatic rings. The molecule has 0 amide bonds. The molecule has 14 rings (SSSR count). The number of hydrogen-bond acceptors (Lipinski definition) is 4. The second-order valence-electron chi connectivity index (χ2n) is 23.5. The summed E-state index contributed by atoms with van der Waals surface area (Å²) in [5, 5.41) is 7.70. The lowest BCUT2D eigenvalue weighted by Crippen LogP contribution is -2.40. The van der Waals surface area contributed by atoms with Gasteiger partial charge in [-0.15, -0.1) is 11.3 Å². The third-order valence-corrected chi connectivity index (χ3v) is 18.3. The van der Waals surface area contributed by atoms with E-state index in [-0.39, 0.29) is 16.2 Å². The molecule has 0 unspecified atom stereocenters. The van der Waals surface area contributed by atoms with Gasteiger partial charge in [-0.3, -0.25) is 0 Å². The van der Waals surface area contributed by atoms with Crippen LogP contribution in [0.15, 0.2) is 199 Å². The fourth-order valence-corrected chi connectivity index (χ4v) is 14.5. The van der Waals surface area contributed by atoms with Gasteiger partial charge in [-0.1, -0.05) is 200 Å². The van der Waals surface area contributed by atoms with Crippen LogP contribution in [0.2, 0.25) is 0 Å². The van der Waals surface area contributed by atoms with Gasteiger partial charge < -0.3 is 14.6 Å². The van der Waals surface area contributed by atoms with Crippen LogP contribution in [0.4, 0.5) is 28.4 Å². The van der Waals surface area contributed by atoms with E-state index in [9.17, 15) is 0 Å². The molecule has 74 heavy (non-hydrogen) atoms. The quantitative estimate of drug-likeness (QED) is 0.174. The molecule has 0 radical (unpaired) electrons. The van der Waals surface area contributed by atoms with Gasteiger partial charge in [0.05, 0.1) is 22.5 Å². The summed E-state index contributed by atoms with van der Waals surface area (Å²) in [6, 6.07) is 72.8. The van der Waals surface area contributed by atoms with Crippen molar-refractivity contribution in [1.29, 1.82) is 0 Å². The molecule has 5 heteroatoms. The van der Waals surface area contributed by atoms with Gasteiger partial charge in [0.1, 0.15) is 11.2 Å². The van der Waals surface area contributed by atoms with Crippen LogP contribution in [-0.4, -0.2) is 7.28 Å². The fourth-order valence-electron chi connectivity index (χ4n) is 13.3. The van der Waals surface area contributed by atoms with Crippen LogP contribution >= 0.6 is 11.3 Å². The van der Waals surface area contributed by atoms with Crippen molar-refractivity contribution in [1.82, 2.24) is 0 Å². The number of anilines is 5. The zero-order chi connectivity index (χ0) is 50.3. The summed E-state index contributed by atoms with van der Waals surface area (Å²) in [6.45, 7) is 16.8. The largest absolute Gasteiger partial charge is 0.455 e. The average Bonchev–Trinajstić information content (AvgIpc) is 4.04. The number of nitrogens with zero attached hydrogens (tertiary/aromatic N) is 1. The first-order valence-corrected chi connectivity index (χ1v) is 27.3. The molecule has 3 nitrogen and oxygen atoms in total. The Hall–Kier alpha value is -7.60. The van der Waals surface area contributed by atoms with E-state index in [4.69, 9.17) is 4.42 Å². The van der Waals surface area contributed by atoms with Crippen molar-refractivity contribution in [3.63, 3.8) is 0 Å². The first-order valence-electron chi connectivity index (χ1n) is 26.5. The molecule has 9 aromatic carbocycles. The van der Waals surface area contributed by atoms with Crippen LogP contribution in [0.1, 0.15) is 100 Å². The summed E-state index contributed by atoms with van der Waals surface area (Å²) in [5.74, 6) is 0. The first-order chi connectivity index (χ1) is 35.8. The lowest BCUT2D eigenvalue weighted by atomic mass is 9.60. The molecule has 3 aliphatic rings. The number of para-hydroxylation sites is 3. The van der Waals surface area contributed by atoms with Crippen LogP contribution in [-0.2, 0) is 21.7 Å². The summed E-state index contributed by atoms with van der Waals surface area (Å²) in [6.07, 6.45) is 2.34. The van der Waals surface area contributed by atoms with E-state index in [2.05, 4.69) is 253 Å². The Labute approximate surface area is 439 Å². The smallest absolute Gasteiger partial charge is 0.211 e. The van der Waals surface area contributed by atoms with Gasteiger partial charge in [-0.2, -0.15) is 0 Å². The van der Waals surface area contributed by atoms with Crippen molar-refractivity contribution in [2.45, 2.75) is 83.0 Å². The zero-order valence-corrected chi connectivity index (χ0v) is 44.2. The highest BCUT2D eigenvalue weighted by molar-refractivity contribution is 7.29. The van der Waals surface area contributed by atoms with Crippen LogP contribution in [0.3, 0.4) is 0 Å². The maximum atomic E-state index is 7.29. The van der Waals surface area contributed by atoms with E-state index in [1.54, 1.807) is 0 Å². The summed E-state index contributed by atoms with van der Waals surface area (Å²) < 4.78 is 10.0. The first kappa shape index (κ1) is 45.1. The number of hydrogen-bond donors (Lipinski definition) is 1. The van der Waals surface area contributed by atoms with Crippen LogP contribution in [0.5, 0.6) is 0 Å². The second kappa shape index (κ2) is 16.2. The Morgan fingerprint density at radius 3 is 1.91 bits per heavy atom. The van der Waals surface area contributed by atoms with Gasteiger partial charge in [0.25, 0.3) is 0 Å². The van der Waals surface area contributed by atoms with E-state index in [1.807, 2.05) is 11.3 Å². The minimum absolute atomic E-state index is 0.0522. The van der Waals surface area contributed by atoms with Gasteiger partial charge in [-0.25, -0.2) is 0 Å². The summed E-state index contributed by atoms with van der Waals surface area (Å²) >= 11 is 1.98. The van der Waals surface area contributed by atoms with Crippen LogP contribution < -0.4 is 20.5 Å². The van der Waals surface area contributed by atoms with Crippen molar-refractivity contribution in [2.75, 3.05) is 10.2 Å². The number of rotatable bonds is 5. The summed E-state index contributed by atoms with van der Waals surface area (Å²) in [7, 11) is 0.754. The Bertz CT molecular complexity index is 4020. The van der Waals surface area contributed by atoms with Crippen molar-refractivity contribution in [2.24, 2.45) is 0 Å². The molecule has 2 aromatic heterocycles. The highest BCUT2D eigenvalue weighted by Gasteiger charge is 2.46. The van der Waals surface area contributed by atoms with Crippen molar-refractivity contribution in [3.8, 4) is 22.3 Å². The topological polar surface area (TPSA) is 28.4 Å². The van der Waals surface area contributed by atoms with Crippen molar-refractivity contribution in [3.05, 3.63) is 233 Å². The molecule has 4 heterocycles. The zero-order valence-electron chi connectivity index (χ0n) is 43.4. The Morgan fingerprint density at radius 1 is 0.554 bits per heavy atom. The van der Waals surface area contributed by atoms with Crippen LogP contribution in [0, 0.1) is 0 Å². The Kier molecular flexibility index (Phi) is 9.86. The van der Waals surface area contributed by atoms with E-state index < -0.39 is 5.41 Å². The van der Waals surface area contributed by atoms with E-state index in [1.165, 1.54) is 93.9 Å². The van der Waals surface area contributed by atoms with Gasteiger partial charge in [0.15, 0.2) is 0 Å². The van der Waals surface area contributed by atoms with Crippen LogP contribution in [0.25, 0.3) is 54.3 Å². The molecule has 0 spiro atoms. The number of benzene rings is 9. The van der Waals surface area contributed by atoms with Gasteiger partial charge in [0, 0.05) is 48.9 Å². The predicted molar refractivity (Wildman–Crippen MR) is 317 cm³/mol. The second-order valence-corrected chi connectivity index (χ2v) is 24.6. The van der Waals surface area contributed by atoms with Gasteiger partial charge >= 0.3 is 0 Å². The van der Waals surface area contributed by atoms with Gasteiger partial charge in [-0.05, 0) is 126 Å². The molecule has 0 atom stereocenters. The molecule has 360 valence electrons. The SMILES string of the molecule is CC(C)(C)c1ccc(N2c3cc4c(oc5ccccc54)c(-c4cccc5c4Nc4ccccc4C5(c4ccccc4)c4ccccc4)c3Bc3sc4cc5c(cc4c32)C(C)(C)CCC5(C)C)c(-c2ccccc2)c1. The fraction of sp³-hybridized carbons (Fsp3) is 0.188. The Balaban J connectivity index is 1.13. The number of thiophene rings is 1. The molecule has 0 bridgehead atoms. The molecule has 1 aliphatic carbocycles. The lowest BCUT2D eigenvalue weighted by molar-refractivity contribution is 0.332. The third-order valence-electron chi connectivity index (χ3n) is 17.2. The average molecular weight is 975 g/mol. The molecule has 2 aliphatic heterocycles. The van der Waals surface area contributed by atoms with Gasteiger partial charge in [0.2, 0.25) is 7.28 Å². The number of furan rings is 1. The van der Waals surface area contributed by atoms with Crippen molar-refractivity contribution < 1.29 is 4.42 Å². The molecular weight excluding hydrogens is 916 g/mol. The normalized spacial score (nSPS) is 15.9. The van der Waals surface area contributed by atoms with E-state index >= 15 is 0 Å². The minimum atomic E-state index is -0.623.